The van der Waals surface area contributed by atoms with Crippen molar-refractivity contribution in [3.05, 3.63) is 58.1 Å². The zero-order valence-electron chi connectivity index (χ0n) is 11.9. The lowest BCUT2D eigenvalue weighted by Gasteiger charge is -2.10. The van der Waals surface area contributed by atoms with Crippen LogP contribution in [0.25, 0.3) is 0 Å². The number of amides is 2. The number of carbonyl (C=O) groups is 1. The fourth-order valence-electron chi connectivity index (χ4n) is 1.85. The molecule has 0 bridgehead atoms. The standard InChI is InChI=1S/C15H15ClFN3O2/c1-9-10(3-2-4-13(9)21)7-19-15(22)20-8-12-14(17)11(16)5-6-18-12/h2-6,21H,7-8H2,1H3,(H2,19,20,22). The van der Waals surface area contributed by atoms with Gasteiger partial charge in [-0.25, -0.2) is 9.18 Å². The molecule has 0 fully saturated rings. The first-order chi connectivity index (χ1) is 10.5. The number of hydrogen-bond acceptors (Lipinski definition) is 3. The topological polar surface area (TPSA) is 74.2 Å². The van der Waals surface area contributed by atoms with Gasteiger partial charge in [0.1, 0.15) is 5.75 Å². The van der Waals surface area contributed by atoms with Crippen LogP contribution in [0.15, 0.2) is 30.5 Å². The van der Waals surface area contributed by atoms with Gasteiger partial charge in [0.2, 0.25) is 0 Å². The number of halogens is 2. The molecule has 0 aliphatic rings. The minimum absolute atomic E-state index is 0.0393. The van der Waals surface area contributed by atoms with Crippen LogP contribution < -0.4 is 10.6 Å². The van der Waals surface area contributed by atoms with Gasteiger partial charge in [0, 0.05) is 12.7 Å². The Hall–Kier alpha value is -2.34. The number of phenols is 1. The lowest BCUT2D eigenvalue weighted by Crippen LogP contribution is -2.35. The molecule has 22 heavy (non-hydrogen) atoms. The predicted octanol–water partition coefficient (Wildman–Crippen LogP) is 2.89. The second-order valence-electron chi connectivity index (χ2n) is 4.65. The van der Waals surface area contributed by atoms with Crippen molar-refractivity contribution in [3.8, 4) is 5.75 Å². The lowest BCUT2D eigenvalue weighted by atomic mass is 10.1. The molecule has 0 saturated carbocycles. The van der Waals surface area contributed by atoms with Crippen LogP contribution in [-0.2, 0) is 13.1 Å². The number of hydrogen-bond donors (Lipinski definition) is 3. The van der Waals surface area contributed by atoms with Crippen LogP contribution in [0.2, 0.25) is 5.02 Å². The smallest absolute Gasteiger partial charge is 0.315 e. The van der Waals surface area contributed by atoms with Crippen LogP contribution in [0, 0.1) is 12.7 Å². The Morgan fingerprint density at radius 2 is 2.05 bits per heavy atom. The number of urea groups is 1. The van der Waals surface area contributed by atoms with Gasteiger partial charge in [-0.15, -0.1) is 0 Å². The number of nitrogens with one attached hydrogen (secondary N) is 2. The minimum atomic E-state index is -0.645. The highest BCUT2D eigenvalue weighted by molar-refractivity contribution is 6.30. The second kappa shape index (κ2) is 7.09. The largest absolute Gasteiger partial charge is 0.508 e. The average Bonchev–Trinajstić information content (AvgIpc) is 2.50. The molecule has 0 spiro atoms. The third kappa shape index (κ3) is 3.85. The second-order valence-corrected chi connectivity index (χ2v) is 5.06. The van der Waals surface area contributed by atoms with E-state index in [1.165, 1.54) is 12.3 Å². The summed E-state index contributed by atoms with van der Waals surface area (Å²) in [6.07, 6.45) is 1.37. The molecule has 0 atom stereocenters. The van der Waals surface area contributed by atoms with Gasteiger partial charge in [-0.3, -0.25) is 4.98 Å². The quantitative estimate of drug-likeness (QED) is 0.810. The van der Waals surface area contributed by atoms with Crippen molar-refractivity contribution in [1.29, 1.82) is 0 Å². The van der Waals surface area contributed by atoms with Crippen molar-refractivity contribution < 1.29 is 14.3 Å². The molecule has 0 unspecified atom stereocenters. The van der Waals surface area contributed by atoms with E-state index < -0.39 is 11.8 Å². The molecule has 7 heteroatoms. The fourth-order valence-corrected chi connectivity index (χ4v) is 2.01. The van der Waals surface area contributed by atoms with Crippen molar-refractivity contribution in [3.63, 3.8) is 0 Å². The highest BCUT2D eigenvalue weighted by Crippen LogP contribution is 2.19. The molecule has 1 heterocycles. The molecule has 116 valence electrons. The minimum Gasteiger partial charge on any atom is -0.508 e. The molecule has 0 aliphatic carbocycles. The Kier molecular flexibility index (Phi) is 5.16. The lowest BCUT2D eigenvalue weighted by molar-refractivity contribution is 0.240. The molecule has 5 nitrogen and oxygen atoms in total. The van der Waals surface area contributed by atoms with Gasteiger partial charge < -0.3 is 15.7 Å². The first kappa shape index (κ1) is 16.0. The Bertz CT molecular complexity index is 637. The summed E-state index contributed by atoms with van der Waals surface area (Å²) >= 11 is 5.64. The molecule has 2 aromatic rings. The molecule has 0 radical (unpaired) electrons. The van der Waals surface area contributed by atoms with Gasteiger partial charge in [-0.1, -0.05) is 23.7 Å². The van der Waals surface area contributed by atoms with Crippen LogP contribution in [0.5, 0.6) is 5.75 Å². The molecule has 0 saturated heterocycles. The van der Waals surface area contributed by atoms with E-state index in [2.05, 4.69) is 15.6 Å². The van der Waals surface area contributed by atoms with E-state index in [0.717, 1.165) is 5.56 Å². The van der Waals surface area contributed by atoms with Gasteiger partial charge in [0.25, 0.3) is 0 Å². The summed E-state index contributed by atoms with van der Waals surface area (Å²) in [5, 5.41) is 14.7. The Morgan fingerprint density at radius 1 is 1.32 bits per heavy atom. The van der Waals surface area contributed by atoms with Gasteiger partial charge in [0.15, 0.2) is 5.82 Å². The van der Waals surface area contributed by atoms with Gasteiger partial charge in [0.05, 0.1) is 17.3 Å². The van der Waals surface area contributed by atoms with E-state index in [1.54, 1.807) is 25.1 Å². The molecular formula is C15H15ClFN3O2. The van der Waals surface area contributed by atoms with Crippen LogP contribution in [0.1, 0.15) is 16.8 Å². The zero-order chi connectivity index (χ0) is 16.1. The van der Waals surface area contributed by atoms with Crippen molar-refractivity contribution in [2.45, 2.75) is 20.0 Å². The highest BCUT2D eigenvalue weighted by Gasteiger charge is 2.10. The van der Waals surface area contributed by atoms with E-state index >= 15 is 0 Å². The first-order valence-electron chi connectivity index (χ1n) is 6.57. The maximum Gasteiger partial charge on any atom is 0.315 e. The molecule has 3 N–H and O–H groups in total. The molecule has 0 aliphatic heterocycles. The van der Waals surface area contributed by atoms with Gasteiger partial charge in [-0.05, 0) is 30.2 Å². The van der Waals surface area contributed by atoms with Crippen molar-refractivity contribution in [2.75, 3.05) is 0 Å². The number of benzene rings is 1. The monoisotopic (exact) mass is 323 g/mol. The number of phenolic OH excluding ortho intramolecular Hbond substituents is 1. The molecule has 1 aromatic heterocycles. The van der Waals surface area contributed by atoms with E-state index in [0.29, 0.717) is 5.56 Å². The number of nitrogens with zero attached hydrogens (tertiary/aromatic N) is 1. The average molecular weight is 324 g/mol. The third-order valence-electron chi connectivity index (χ3n) is 3.19. The number of aromatic hydroxyl groups is 1. The molecule has 2 rings (SSSR count). The number of rotatable bonds is 4. The Balaban J connectivity index is 1.88. The zero-order valence-corrected chi connectivity index (χ0v) is 12.6. The van der Waals surface area contributed by atoms with Crippen LogP contribution in [0.3, 0.4) is 0 Å². The number of carbonyl (C=O) groups excluding carboxylic acids is 1. The summed E-state index contributed by atoms with van der Waals surface area (Å²) < 4.78 is 13.6. The van der Waals surface area contributed by atoms with Crippen LogP contribution >= 0.6 is 11.6 Å². The molecule has 1 aromatic carbocycles. The summed E-state index contributed by atoms with van der Waals surface area (Å²) in [6, 6.07) is 5.94. The fraction of sp³-hybridized carbons (Fsp3) is 0.200. The molecular weight excluding hydrogens is 309 g/mol. The van der Waals surface area contributed by atoms with Crippen LogP contribution in [0.4, 0.5) is 9.18 Å². The van der Waals surface area contributed by atoms with Crippen LogP contribution in [-0.4, -0.2) is 16.1 Å². The highest BCUT2D eigenvalue weighted by atomic mass is 35.5. The van der Waals surface area contributed by atoms with E-state index in [9.17, 15) is 14.3 Å². The number of aromatic nitrogens is 1. The van der Waals surface area contributed by atoms with E-state index in [1.807, 2.05) is 0 Å². The summed E-state index contributed by atoms with van der Waals surface area (Å²) in [5.41, 5.74) is 1.56. The molecule has 2 amide bonds. The normalized spacial score (nSPS) is 10.3. The van der Waals surface area contributed by atoms with Gasteiger partial charge >= 0.3 is 6.03 Å². The predicted molar refractivity (Wildman–Crippen MR) is 81.1 cm³/mol. The van der Waals surface area contributed by atoms with Gasteiger partial charge in [-0.2, -0.15) is 0 Å². The van der Waals surface area contributed by atoms with E-state index in [-0.39, 0.29) is 29.6 Å². The summed E-state index contributed by atoms with van der Waals surface area (Å²) in [4.78, 5) is 15.5. The Morgan fingerprint density at radius 3 is 2.82 bits per heavy atom. The summed E-state index contributed by atoms with van der Waals surface area (Å²) in [7, 11) is 0. The maximum absolute atomic E-state index is 13.6. The first-order valence-corrected chi connectivity index (χ1v) is 6.95. The van der Waals surface area contributed by atoms with Crippen molar-refractivity contribution >= 4 is 17.6 Å². The Labute approximate surface area is 132 Å². The van der Waals surface area contributed by atoms with E-state index in [4.69, 9.17) is 11.6 Å². The maximum atomic E-state index is 13.6. The van der Waals surface area contributed by atoms with Crippen molar-refractivity contribution in [1.82, 2.24) is 15.6 Å². The SMILES string of the molecule is Cc1c(O)cccc1CNC(=O)NCc1nccc(Cl)c1F. The third-order valence-corrected chi connectivity index (χ3v) is 3.48. The number of pyridine rings is 1. The summed E-state index contributed by atoms with van der Waals surface area (Å²) in [6.45, 7) is 1.93. The van der Waals surface area contributed by atoms with Crippen molar-refractivity contribution in [2.24, 2.45) is 0 Å². The summed E-state index contributed by atoms with van der Waals surface area (Å²) in [5.74, 6) is -0.474.